The van der Waals surface area contributed by atoms with Crippen molar-refractivity contribution in [3.63, 3.8) is 0 Å². The van der Waals surface area contributed by atoms with Crippen LogP contribution in [-0.4, -0.2) is 9.97 Å². The zero-order valence-corrected chi connectivity index (χ0v) is 7.77. The van der Waals surface area contributed by atoms with Gasteiger partial charge in [-0.2, -0.15) is 0 Å². The molecule has 1 aromatic carbocycles. The van der Waals surface area contributed by atoms with Crippen LogP contribution < -0.4 is 5.73 Å². The first kappa shape index (κ1) is 8.84. The van der Waals surface area contributed by atoms with Crippen molar-refractivity contribution in [3.05, 3.63) is 42.2 Å². The first-order chi connectivity index (χ1) is 6.85. The smallest absolute Gasteiger partial charge is 0.0894 e. The topological polar surface area (TPSA) is 51.8 Å². The van der Waals surface area contributed by atoms with Gasteiger partial charge in [-0.1, -0.05) is 18.7 Å². The Labute approximate surface area is 82.3 Å². The second-order valence-electron chi connectivity index (χ2n) is 2.95. The third-order valence-corrected chi connectivity index (χ3v) is 2.06. The van der Waals surface area contributed by atoms with Gasteiger partial charge in [0.2, 0.25) is 0 Å². The van der Waals surface area contributed by atoms with Gasteiger partial charge < -0.3 is 5.73 Å². The number of rotatable bonds is 2. The molecule has 0 spiro atoms. The summed E-state index contributed by atoms with van der Waals surface area (Å²) < 4.78 is 0. The summed E-state index contributed by atoms with van der Waals surface area (Å²) in [5.74, 6) is 0. The molecule has 1 heterocycles. The highest BCUT2D eigenvalue weighted by Crippen LogP contribution is 2.12. The van der Waals surface area contributed by atoms with E-state index >= 15 is 0 Å². The Hall–Kier alpha value is -1.74. The number of fused-ring (bicyclic) bond motifs is 1. The van der Waals surface area contributed by atoms with Crippen molar-refractivity contribution in [1.29, 1.82) is 0 Å². The molecular weight excluding hydrogens is 174 g/mol. The highest BCUT2D eigenvalue weighted by molar-refractivity contribution is 5.75. The lowest BCUT2D eigenvalue weighted by Crippen LogP contribution is -2.04. The minimum atomic E-state index is 0.388. The minimum Gasteiger partial charge on any atom is -0.325 e. The zero-order chi connectivity index (χ0) is 9.97. The highest BCUT2D eigenvalue weighted by Gasteiger charge is 2.03. The van der Waals surface area contributed by atoms with Crippen LogP contribution in [0.1, 0.15) is 11.4 Å². The van der Waals surface area contributed by atoms with Gasteiger partial charge in [-0.3, -0.25) is 0 Å². The van der Waals surface area contributed by atoms with E-state index in [9.17, 15) is 0 Å². The molecule has 0 fully saturated rings. The number of nitrogens with zero attached hydrogens (tertiary/aromatic N) is 2. The average molecular weight is 185 g/mol. The molecule has 2 aromatic rings. The van der Waals surface area contributed by atoms with Crippen LogP contribution in [0.25, 0.3) is 17.1 Å². The van der Waals surface area contributed by atoms with Crippen LogP contribution >= 0.6 is 0 Å². The average Bonchev–Trinajstić information content (AvgIpc) is 2.27. The molecule has 0 amide bonds. The van der Waals surface area contributed by atoms with Crippen LogP contribution in [0.5, 0.6) is 0 Å². The third kappa shape index (κ3) is 1.38. The zero-order valence-electron chi connectivity index (χ0n) is 7.77. The second-order valence-corrected chi connectivity index (χ2v) is 2.95. The lowest BCUT2D eigenvalue weighted by Gasteiger charge is -2.03. The van der Waals surface area contributed by atoms with Crippen LogP contribution in [0.2, 0.25) is 0 Å². The first-order valence-corrected chi connectivity index (χ1v) is 4.43. The molecule has 0 atom stereocenters. The minimum absolute atomic E-state index is 0.388. The molecule has 0 saturated heterocycles. The number of benzene rings is 1. The first-order valence-electron chi connectivity index (χ1n) is 4.43. The van der Waals surface area contributed by atoms with Gasteiger partial charge in [-0.15, -0.1) is 0 Å². The Morgan fingerprint density at radius 2 is 1.86 bits per heavy atom. The van der Waals surface area contributed by atoms with E-state index in [4.69, 9.17) is 5.73 Å². The maximum absolute atomic E-state index is 5.57. The number of hydrogen-bond donors (Lipinski definition) is 1. The van der Waals surface area contributed by atoms with E-state index in [1.807, 2.05) is 24.3 Å². The van der Waals surface area contributed by atoms with Crippen molar-refractivity contribution < 1.29 is 0 Å². The number of aromatic nitrogens is 2. The van der Waals surface area contributed by atoms with Crippen molar-refractivity contribution in [2.75, 3.05) is 0 Å². The second kappa shape index (κ2) is 3.55. The van der Waals surface area contributed by atoms with Gasteiger partial charge in [0.25, 0.3) is 0 Å². The summed E-state index contributed by atoms with van der Waals surface area (Å²) in [5, 5.41) is 0. The summed E-state index contributed by atoms with van der Waals surface area (Å²) in [6, 6.07) is 7.72. The van der Waals surface area contributed by atoms with Gasteiger partial charge in [0, 0.05) is 6.54 Å². The van der Waals surface area contributed by atoms with Crippen molar-refractivity contribution in [3.8, 4) is 0 Å². The van der Waals surface area contributed by atoms with E-state index in [0.29, 0.717) is 6.54 Å². The van der Waals surface area contributed by atoms with Crippen LogP contribution in [-0.2, 0) is 6.54 Å². The van der Waals surface area contributed by atoms with E-state index in [-0.39, 0.29) is 0 Å². The fraction of sp³-hybridized carbons (Fsp3) is 0.0909. The SMILES string of the molecule is C=Cc1nc2ccccc2nc1CN. The molecule has 2 N–H and O–H groups in total. The van der Waals surface area contributed by atoms with Crippen molar-refractivity contribution in [2.45, 2.75) is 6.54 Å². The molecular formula is C11H11N3. The molecule has 1 aromatic heterocycles. The molecule has 2 rings (SSSR count). The van der Waals surface area contributed by atoms with Crippen LogP contribution in [0, 0.1) is 0 Å². The fourth-order valence-corrected chi connectivity index (χ4v) is 1.36. The Kier molecular flexibility index (Phi) is 2.24. The van der Waals surface area contributed by atoms with Crippen LogP contribution in [0.4, 0.5) is 0 Å². The predicted molar refractivity (Wildman–Crippen MR) is 57.5 cm³/mol. The summed E-state index contributed by atoms with van der Waals surface area (Å²) in [6.07, 6.45) is 1.68. The van der Waals surface area contributed by atoms with E-state index in [0.717, 1.165) is 22.4 Å². The monoisotopic (exact) mass is 185 g/mol. The standard InChI is InChI=1S/C11H11N3/c1-2-8-11(7-12)14-10-6-4-3-5-9(10)13-8/h2-6H,1,7,12H2. The van der Waals surface area contributed by atoms with Gasteiger partial charge >= 0.3 is 0 Å². The molecule has 0 aliphatic heterocycles. The van der Waals surface area contributed by atoms with Gasteiger partial charge in [-0.05, 0) is 18.2 Å². The van der Waals surface area contributed by atoms with Crippen molar-refractivity contribution >= 4 is 17.1 Å². The molecule has 0 radical (unpaired) electrons. The molecule has 70 valence electrons. The van der Waals surface area contributed by atoms with Crippen LogP contribution in [0.3, 0.4) is 0 Å². The quantitative estimate of drug-likeness (QED) is 0.775. The normalized spacial score (nSPS) is 10.4. The van der Waals surface area contributed by atoms with Crippen molar-refractivity contribution in [2.24, 2.45) is 5.73 Å². The van der Waals surface area contributed by atoms with Gasteiger partial charge in [0.15, 0.2) is 0 Å². The van der Waals surface area contributed by atoms with Gasteiger partial charge in [-0.25, -0.2) is 9.97 Å². The Balaban J connectivity index is 2.75. The molecule has 0 unspecified atom stereocenters. The fourth-order valence-electron chi connectivity index (χ4n) is 1.36. The summed E-state index contributed by atoms with van der Waals surface area (Å²) >= 11 is 0. The Morgan fingerprint density at radius 1 is 1.21 bits per heavy atom. The van der Waals surface area contributed by atoms with Gasteiger partial charge in [0.1, 0.15) is 0 Å². The molecule has 3 nitrogen and oxygen atoms in total. The third-order valence-electron chi connectivity index (χ3n) is 2.06. The molecule has 0 aliphatic carbocycles. The molecule has 3 heteroatoms. The van der Waals surface area contributed by atoms with E-state index < -0.39 is 0 Å². The lowest BCUT2D eigenvalue weighted by atomic mass is 10.2. The predicted octanol–water partition coefficient (Wildman–Crippen LogP) is 1.73. The molecule has 0 saturated carbocycles. The highest BCUT2D eigenvalue weighted by atomic mass is 14.8. The van der Waals surface area contributed by atoms with E-state index in [1.165, 1.54) is 0 Å². The Morgan fingerprint density at radius 3 is 2.43 bits per heavy atom. The number of nitrogens with two attached hydrogens (primary N) is 1. The lowest BCUT2D eigenvalue weighted by molar-refractivity contribution is 0.979. The summed E-state index contributed by atoms with van der Waals surface area (Å²) in [4.78, 5) is 8.81. The Bertz CT molecular complexity index is 477. The summed E-state index contributed by atoms with van der Waals surface area (Å²) in [5.41, 5.74) is 8.88. The van der Waals surface area contributed by atoms with Crippen molar-refractivity contribution in [1.82, 2.24) is 9.97 Å². The van der Waals surface area contributed by atoms with E-state index in [2.05, 4.69) is 16.5 Å². The molecule has 14 heavy (non-hydrogen) atoms. The number of hydrogen-bond acceptors (Lipinski definition) is 3. The van der Waals surface area contributed by atoms with E-state index in [1.54, 1.807) is 6.08 Å². The summed E-state index contributed by atoms with van der Waals surface area (Å²) in [6.45, 7) is 4.08. The maximum atomic E-state index is 5.57. The van der Waals surface area contributed by atoms with Crippen LogP contribution in [0.15, 0.2) is 30.8 Å². The molecule has 0 bridgehead atoms. The molecule has 0 aliphatic rings. The summed E-state index contributed by atoms with van der Waals surface area (Å²) in [7, 11) is 0. The number of para-hydroxylation sites is 2. The van der Waals surface area contributed by atoms with Gasteiger partial charge in [0.05, 0.1) is 22.4 Å². The largest absolute Gasteiger partial charge is 0.325 e. The maximum Gasteiger partial charge on any atom is 0.0894 e.